The van der Waals surface area contributed by atoms with Gasteiger partial charge in [-0.05, 0) is 83.5 Å². The van der Waals surface area contributed by atoms with Gasteiger partial charge in [0.05, 0.1) is 0 Å². The second kappa shape index (κ2) is 58.4. The maximum Gasteiger partial charge on any atom is 0.306 e. The van der Waals surface area contributed by atoms with Gasteiger partial charge >= 0.3 is 17.9 Å². The van der Waals surface area contributed by atoms with Crippen LogP contribution < -0.4 is 0 Å². The Hall–Kier alpha value is -3.15. The molecule has 0 fully saturated rings. The van der Waals surface area contributed by atoms with Gasteiger partial charge in [0.15, 0.2) is 6.10 Å². The Labute approximate surface area is 433 Å². The van der Waals surface area contributed by atoms with E-state index >= 15 is 0 Å². The summed E-state index contributed by atoms with van der Waals surface area (Å²) in [5, 5.41) is 0. The average molecular weight is 978 g/mol. The van der Waals surface area contributed by atoms with Crippen LogP contribution in [-0.4, -0.2) is 37.2 Å². The Morgan fingerprint density at radius 2 is 0.571 bits per heavy atom. The number of rotatable bonds is 54. The molecule has 0 rings (SSSR count). The third-order valence-electron chi connectivity index (χ3n) is 12.9. The number of carbonyl (C=O) groups excluding carboxylic acids is 3. The molecule has 1 atom stereocenters. The summed E-state index contributed by atoms with van der Waals surface area (Å²) in [6.45, 7) is 6.49. The molecule has 0 N–H and O–H groups in total. The monoisotopic (exact) mass is 977 g/mol. The Bertz CT molecular complexity index is 1310. The number of hydrogen-bond acceptors (Lipinski definition) is 6. The topological polar surface area (TPSA) is 78.9 Å². The van der Waals surface area contributed by atoms with Crippen molar-refractivity contribution in [2.75, 3.05) is 13.2 Å². The molecule has 0 spiro atoms. The molecule has 70 heavy (non-hydrogen) atoms. The van der Waals surface area contributed by atoms with Crippen molar-refractivity contribution in [3.63, 3.8) is 0 Å². The van der Waals surface area contributed by atoms with E-state index in [9.17, 15) is 14.4 Å². The smallest absolute Gasteiger partial charge is 0.306 e. The lowest BCUT2D eigenvalue weighted by Crippen LogP contribution is -2.30. The highest BCUT2D eigenvalue weighted by molar-refractivity contribution is 5.71. The predicted molar refractivity (Wildman–Crippen MR) is 302 cm³/mol. The van der Waals surface area contributed by atoms with Gasteiger partial charge in [0.25, 0.3) is 0 Å². The Morgan fingerprint density at radius 1 is 0.300 bits per heavy atom. The number of allylic oxidation sites excluding steroid dienone is 12. The summed E-state index contributed by atoms with van der Waals surface area (Å²) in [6.07, 6.45) is 74.8. The number of carbonyl (C=O) groups is 3. The zero-order valence-electron chi connectivity index (χ0n) is 46.3. The lowest BCUT2D eigenvalue weighted by atomic mass is 10.0. The van der Waals surface area contributed by atoms with Crippen LogP contribution in [0.1, 0.15) is 297 Å². The van der Waals surface area contributed by atoms with E-state index in [4.69, 9.17) is 14.2 Å². The van der Waals surface area contributed by atoms with Crippen molar-refractivity contribution < 1.29 is 28.6 Å². The van der Waals surface area contributed by atoms with E-state index in [1.165, 1.54) is 167 Å². The minimum absolute atomic E-state index is 0.0981. The molecule has 0 saturated heterocycles. The summed E-state index contributed by atoms with van der Waals surface area (Å²) < 4.78 is 16.8. The first kappa shape index (κ1) is 66.9. The van der Waals surface area contributed by atoms with Crippen molar-refractivity contribution >= 4 is 17.9 Å². The molecule has 1 unspecified atom stereocenters. The maximum absolute atomic E-state index is 12.8. The highest BCUT2D eigenvalue weighted by Crippen LogP contribution is 2.17. The number of esters is 3. The third-order valence-corrected chi connectivity index (χ3v) is 12.9. The maximum atomic E-state index is 12.8. The van der Waals surface area contributed by atoms with Gasteiger partial charge in [-0.1, -0.05) is 267 Å². The fraction of sp³-hybridized carbons (Fsp3) is 0.766. The molecular weight excluding hydrogens is 865 g/mol. The van der Waals surface area contributed by atoms with Crippen molar-refractivity contribution in [2.45, 2.75) is 303 Å². The minimum Gasteiger partial charge on any atom is -0.462 e. The standard InChI is InChI=1S/C64H112O6/c1-4-7-10-13-16-19-22-25-27-29-30-31-32-33-35-36-39-42-45-48-51-54-57-63(66)69-60-61(59-68-62(65)56-53-50-47-44-41-38-24-21-18-15-12-9-6-3)70-64(67)58-55-52-49-46-43-40-37-34-28-26-23-20-17-14-11-8-5-2/h8,11,17,20-21,24,26,28,37,40,46,49,61H,4-7,9-10,12-16,18-19,22-23,25,27,29-36,38-39,41-45,47-48,50-60H2,1-3H3/b11-8-,20-17-,24-21-,28-26-,40-37-,49-46-. The molecule has 0 heterocycles. The lowest BCUT2D eigenvalue weighted by molar-refractivity contribution is -0.167. The zero-order chi connectivity index (χ0) is 50.7. The van der Waals surface area contributed by atoms with E-state index in [1.807, 2.05) is 0 Å². The van der Waals surface area contributed by atoms with E-state index in [2.05, 4.69) is 93.7 Å². The Morgan fingerprint density at radius 3 is 0.943 bits per heavy atom. The second-order valence-corrected chi connectivity index (χ2v) is 19.9. The SMILES string of the molecule is CC/C=C\C/C=C\C/C=C\C/C=C\C/C=C\CCCC(=O)OC(COC(=O)CCCCCCC/C=C\CCCCCC)COC(=O)CCCCCCCCCCCCCCCCCCCCCCCC. The molecule has 0 aliphatic rings. The van der Waals surface area contributed by atoms with Crippen LogP contribution in [0.5, 0.6) is 0 Å². The molecule has 0 aliphatic carbocycles. The largest absolute Gasteiger partial charge is 0.462 e. The molecule has 0 radical (unpaired) electrons. The molecule has 0 aliphatic heterocycles. The summed E-state index contributed by atoms with van der Waals surface area (Å²) in [4.78, 5) is 38.2. The normalized spacial score (nSPS) is 12.6. The van der Waals surface area contributed by atoms with Gasteiger partial charge in [-0.15, -0.1) is 0 Å². The molecule has 0 amide bonds. The van der Waals surface area contributed by atoms with Crippen LogP contribution in [0.15, 0.2) is 72.9 Å². The lowest BCUT2D eigenvalue weighted by Gasteiger charge is -2.18. The first-order valence-corrected chi connectivity index (χ1v) is 29.9. The van der Waals surface area contributed by atoms with Crippen molar-refractivity contribution in [3.8, 4) is 0 Å². The number of ether oxygens (including phenoxy) is 3. The fourth-order valence-corrected chi connectivity index (χ4v) is 8.47. The van der Waals surface area contributed by atoms with Crippen LogP contribution in [0.2, 0.25) is 0 Å². The van der Waals surface area contributed by atoms with E-state index < -0.39 is 6.10 Å². The van der Waals surface area contributed by atoms with Gasteiger partial charge < -0.3 is 14.2 Å². The number of unbranched alkanes of at least 4 members (excludes halogenated alkanes) is 31. The van der Waals surface area contributed by atoms with E-state index in [-0.39, 0.29) is 37.5 Å². The van der Waals surface area contributed by atoms with Crippen molar-refractivity contribution in [3.05, 3.63) is 72.9 Å². The molecule has 0 saturated carbocycles. The van der Waals surface area contributed by atoms with E-state index in [0.29, 0.717) is 19.3 Å². The first-order chi connectivity index (χ1) is 34.5. The van der Waals surface area contributed by atoms with Gasteiger partial charge in [-0.25, -0.2) is 0 Å². The predicted octanol–water partition coefficient (Wildman–Crippen LogP) is 20.2. The molecular formula is C64H112O6. The van der Waals surface area contributed by atoms with Crippen LogP contribution in [0.3, 0.4) is 0 Å². The third kappa shape index (κ3) is 55.8. The highest BCUT2D eigenvalue weighted by Gasteiger charge is 2.19. The summed E-state index contributed by atoms with van der Waals surface area (Å²) in [6, 6.07) is 0. The van der Waals surface area contributed by atoms with Crippen LogP contribution in [0.4, 0.5) is 0 Å². The van der Waals surface area contributed by atoms with Crippen molar-refractivity contribution in [1.82, 2.24) is 0 Å². The molecule has 0 aromatic carbocycles. The van der Waals surface area contributed by atoms with Gasteiger partial charge in [0.2, 0.25) is 0 Å². The first-order valence-electron chi connectivity index (χ1n) is 29.9. The second-order valence-electron chi connectivity index (χ2n) is 19.9. The summed E-state index contributed by atoms with van der Waals surface area (Å²) in [7, 11) is 0. The molecule has 404 valence electrons. The highest BCUT2D eigenvalue weighted by atomic mass is 16.6. The fourth-order valence-electron chi connectivity index (χ4n) is 8.47. The minimum atomic E-state index is -0.807. The summed E-state index contributed by atoms with van der Waals surface area (Å²) >= 11 is 0. The van der Waals surface area contributed by atoms with Crippen LogP contribution in [-0.2, 0) is 28.6 Å². The van der Waals surface area contributed by atoms with Crippen LogP contribution in [0, 0.1) is 0 Å². The van der Waals surface area contributed by atoms with Crippen LogP contribution >= 0.6 is 0 Å². The molecule has 6 nitrogen and oxygen atoms in total. The molecule has 6 heteroatoms. The quantitative estimate of drug-likeness (QED) is 0.0261. The van der Waals surface area contributed by atoms with E-state index in [0.717, 1.165) is 83.5 Å². The molecule has 0 aromatic rings. The summed E-state index contributed by atoms with van der Waals surface area (Å²) in [5.74, 6) is -0.955. The molecule has 0 bridgehead atoms. The Balaban J connectivity index is 4.37. The van der Waals surface area contributed by atoms with E-state index in [1.54, 1.807) is 0 Å². The number of hydrogen-bond donors (Lipinski definition) is 0. The molecule has 0 aromatic heterocycles. The zero-order valence-corrected chi connectivity index (χ0v) is 46.3. The van der Waals surface area contributed by atoms with Crippen molar-refractivity contribution in [1.29, 1.82) is 0 Å². The van der Waals surface area contributed by atoms with Gasteiger partial charge in [0, 0.05) is 19.3 Å². The average Bonchev–Trinajstić information content (AvgIpc) is 3.36. The van der Waals surface area contributed by atoms with Crippen LogP contribution in [0.25, 0.3) is 0 Å². The van der Waals surface area contributed by atoms with Gasteiger partial charge in [-0.2, -0.15) is 0 Å². The summed E-state index contributed by atoms with van der Waals surface area (Å²) in [5.41, 5.74) is 0. The van der Waals surface area contributed by atoms with Gasteiger partial charge in [-0.3, -0.25) is 14.4 Å². The van der Waals surface area contributed by atoms with Gasteiger partial charge in [0.1, 0.15) is 13.2 Å². The Kier molecular flexibility index (Phi) is 55.8. The van der Waals surface area contributed by atoms with Crippen molar-refractivity contribution in [2.24, 2.45) is 0 Å².